The number of halogens is 5. The fourth-order valence-corrected chi connectivity index (χ4v) is 5.33. The lowest BCUT2D eigenvalue weighted by atomic mass is 10.1. The molecule has 0 heterocycles. The molecule has 0 aromatic heterocycles. The second-order valence-corrected chi connectivity index (χ2v) is 9.57. The van der Waals surface area contributed by atoms with Crippen LogP contribution in [-0.4, -0.2) is 8.42 Å². The largest absolute Gasteiger partial charge is 0.489 e. The number of hydrogen-bond acceptors (Lipinski definition) is 3. The molecule has 3 rings (SSSR count). The Hall–Kier alpha value is -2.58. The highest BCUT2D eigenvalue weighted by atomic mass is 35.5. The van der Waals surface area contributed by atoms with E-state index in [1.54, 1.807) is 25.1 Å². The van der Waals surface area contributed by atoms with Crippen LogP contribution in [-0.2, 0) is 22.6 Å². The summed E-state index contributed by atoms with van der Waals surface area (Å²) in [5.74, 6) is -0.258. The average molecular weight is 487 g/mol. The number of benzene rings is 3. The second kappa shape index (κ2) is 9.50. The lowest BCUT2D eigenvalue weighted by Crippen LogP contribution is -2.15. The van der Waals surface area contributed by atoms with Crippen LogP contribution < -0.4 is 4.74 Å². The lowest BCUT2D eigenvalue weighted by molar-refractivity contribution is -0.137. The summed E-state index contributed by atoms with van der Waals surface area (Å²) in [5.41, 5.74) is -0.530. The van der Waals surface area contributed by atoms with E-state index >= 15 is 0 Å². The van der Waals surface area contributed by atoms with Crippen LogP contribution in [0.3, 0.4) is 0 Å². The quantitative estimate of drug-likeness (QED) is 0.338. The molecule has 3 aromatic rings. The van der Waals surface area contributed by atoms with Gasteiger partial charge in [-0.25, -0.2) is 12.8 Å². The standard InChI is InChI=1S/C23H19ClF4O3S/c1-2-22(32(29,30)18-9-4-7-16(13-18)23(26,27)28)15-6-3-8-17(12-15)31-14-19-20(24)10-5-11-21(19)25/h3-13,22H,2,14H2,1H3. The SMILES string of the molecule is CCC(c1cccc(OCc2c(F)cccc2Cl)c1)S(=O)(=O)c1cccc(C(F)(F)F)c1. The van der Waals surface area contributed by atoms with Crippen molar-refractivity contribution in [1.29, 1.82) is 0 Å². The van der Waals surface area contributed by atoms with Gasteiger partial charge in [-0.05, 0) is 54.4 Å². The second-order valence-electron chi connectivity index (χ2n) is 7.03. The highest BCUT2D eigenvalue weighted by Gasteiger charge is 2.34. The Morgan fingerprint density at radius 3 is 2.34 bits per heavy atom. The van der Waals surface area contributed by atoms with Gasteiger partial charge in [-0.2, -0.15) is 13.2 Å². The maximum absolute atomic E-state index is 14.0. The van der Waals surface area contributed by atoms with Crippen molar-refractivity contribution >= 4 is 21.4 Å². The van der Waals surface area contributed by atoms with Crippen molar-refractivity contribution in [3.05, 3.63) is 94.3 Å². The molecule has 0 aliphatic carbocycles. The molecule has 0 radical (unpaired) electrons. The molecule has 3 aromatic carbocycles. The molecule has 0 aliphatic heterocycles. The Balaban J connectivity index is 1.89. The molecule has 32 heavy (non-hydrogen) atoms. The maximum Gasteiger partial charge on any atom is 0.416 e. The molecule has 1 unspecified atom stereocenters. The Bertz CT molecular complexity index is 1190. The molecule has 0 N–H and O–H groups in total. The first-order valence-electron chi connectivity index (χ1n) is 9.61. The zero-order chi connectivity index (χ0) is 23.5. The third kappa shape index (κ3) is 5.24. The molecule has 3 nitrogen and oxygen atoms in total. The normalized spacial score (nSPS) is 13.1. The summed E-state index contributed by atoms with van der Waals surface area (Å²) in [6.07, 6.45) is -4.53. The monoisotopic (exact) mass is 486 g/mol. The Labute approximate surface area is 188 Å². The van der Waals surface area contributed by atoms with Crippen molar-refractivity contribution < 1.29 is 30.7 Å². The molecule has 0 bridgehead atoms. The lowest BCUT2D eigenvalue weighted by Gasteiger charge is -2.18. The first kappa shape index (κ1) is 24.1. The summed E-state index contributed by atoms with van der Waals surface area (Å²) in [5, 5.41) is -0.897. The first-order valence-corrected chi connectivity index (χ1v) is 11.5. The van der Waals surface area contributed by atoms with Crippen molar-refractivity contribution in [3.8, 4) is 5.75 Å². The van der Waals surface area contributed by atoms with Gasteiger partial charge in [0.05, 0.1) is 20.7 Å². The van der Waals surface area contributed by atoms with Crippen LogP contribution in [0.15, 0.2) is 71.6 Å². The van der Waals surface area contributed by atoms with E-state index in [-0.39, 0.29) is 29.4 Å². The summed E-state index contributed by atoms with van der Waals surface area (Å²) >= 11 is 5.99. The molecule has 0 saturated carbocycles. The Kier molecular flexibility index (Phi) is 7.15. The third-order valence-electron chi connectivity index (χ3n) is 4.91. The average Bonchev–Trinajstić information content (AvgIpc) is 2.73. The maximum atomic E-state index is 14.0. The van der Waals surface area contributed by atoms with E-state index in [2.05, 4.69) is 0 Å². The molecule has 0 aliphatic rings. The van der Waals surface area contributed by atoms with Gasteiger partial charge in [-0.15, -0.1) is 0 Å². The summed E-state index contributed by atoms with van der Waals surface area (Å²) in [6.45, 7) is 1.45. The first-order chi connectivity index (χ1) is 15.0. The number of alkyl halides is 3. The highest BCUT2D eigenvalue weighted by Crippen LogP contribution is 2.36. The Morgan fingerprint density at radius 2 is 1.69 bits per heavy atom. The topological polar surface area (TPSA) is 43.4 Å². The van der Waals surface area contributed by atoms with Gasteiger partial charge in [0.15, 0.2) is 9.84 Å². The van der Waals surface area contributed by atoms with Crippen molar-refractivity contribution in [2.45, 2.75) is 36.3 Å². The van der Waals surface area contributed by atoms with Gasteiger partial charge in [0.2, 0.25) is 0 Å². The van der Waals surface area contributed by atoms with Gasteiger partial charge in [0, 0.05) is 5.56 Å². The number of sulfone groups is 1. The van der Waals surface area contributed by atoms with Gasteiger partial charge < -0.3 is 4.74 Å². The summed E-state index contributed by atoms with van der Waals surface area (Å²) in [7, 11) is -4.12. The molecule has 9 heteroatoms. The molecule has 0 saturated heterocycles. The predicted octanol–water partition coefficient (Wildman–Crippen LogP) is 7.00. The molecular formula is C23H19ClF4O3S. The van der Waals surface area contributed by atoms with Gasteiger partial charge in [-0.3, -0.25) is 0 Å². The van der Waals surface area contributed by atoms with Crippen LogP contribution in [0.25, 0.3) is 0 Å². The van der Waals surface area contributed by atoms with E-state index in [4.69, 9.17) is 16.3 Å². The van der Waals surface area contributed by atoms with Crippen molar-refractivity contribution in [2.24, 2.45) is 0 Å². The van der Waals surface area contributed by atoms with E-state index in [9.17, 15) is 26.0 Å². The van der Waals surface area contributed by atoms with Gasteiger partial charge in [-0.1, -0.05) is 42.8 Å². The summed E-state index contributed by atoms with van der Waals surface area (Å²) in [4.78, 5) is -0.413. The van der Waals surface area contributed by atoms with E-state index in [1.807, 2.05) is 0 Å². The number of hydrogen-bond donors (Lipinski definition) is 0. The highest BCUT2D eigenvalue weighted by molar-refractivity contribution is 7.91. The van der Waals surface area contributed by atoms with Crippen LogP contribution in [0.5, 0.6) is 5.75 Å². The number of ether oxygens (including phenoxy) is 1. The molecular weight excluding hydrogens is 468 g/mol. The zero-order valence-electron chi connectivity index (χ0n) is 16.9. The van der Waals surface area contributed by atoms with Crippen LogP contribution in [0, 0.1) is 5.82 Å². The van der Waals surface area contributed by atoms with Crippen LogP contribution >= 0.6 is 11.6 Å². The smallest absolute Gasteiger partial charge is 0.416 e. The van der Waals surface area contributed by atoms with Crippen molar-refractivity contribution in [1.82, 2.24) is 0 Å². The van der Waals surface area contributed by atoms with E-state index in [0.717, 1.165) is 18.2 Å². The minimum Gasteiger partial charge on any atom is -0.489 e. The minimum absolute atomic E-state index is 0.126. The molecule has 0 spiro atoms. The predicted molar refractivity (Wildman–Crippen MR) is 114 cm³/mol. The summed E-state index contributed by atoms with van der Waals surface area (Å²) in [6, 6.07) is 14.1. The Morgan fingerprint density at radius 1 is 1.00 bits per heavy atom. The fraction of sp³-hybridized carbons (Fsp3) is 0.217. The van der Waals surface area contributed by atoms with Crippen molar-refractivity contribution in [3.63, 3.8) is 0 Å². The third-order valence-corrected chi connectivity index (χ3v) is 7.53. The van der Waals surface area contributed by atoms with Gasteiger partial charge in [0.25, 0.3) is 0 Å². The van der Waals surface area contributed by atoms with E-state index in [0.29, 0.717) is 11.6 Å². The summed E-state index contributed by atoms with van der Waals surface area (Å²) < 4.78 is 85.0. The van der Waals surface area contributed by atoms with Crippen molar-refractivity contribution in [2.75, 3.05) is 0 Å². The van der Waals surface area contributed by atoms with Crippen LogP contribution in [0.1, 0.15) is 35.3 Å². The number of rotatable bonds is 7. The molecule has 0 fully saturated rings. The van der Waals surface area contributed by atoms with E-state index < -0.39 is 37.5 Å². The molecule has 1 atom stereocenters. The van der Waals surface area contributed by atoms with Crippen LogP contribution in [0.2, 0.25) is 5.02 Å². The van der Waals surface area contributed by atoms with Gasteiger partial charge in [0.1, 0.15) is 18.2 Å². The zero-order valence-corrected chi connectivity index (χ0v) is 18.4. The minimum atomic E-state index is -4.66. The van der Waals surface area contributed by atoms with Gasteiger partial charge >= 0.3 is 6.18 Å². The van der Waals surface area contributed by atoms with E-state index in [1.165, 1.54) is 24.3 Å². The van der Waals surface area contributed by atoms with Crippen LogP contribution in [0.4, 0.5) is 17.6 Å². The molecule has 0 amide bonds. The fourth-order valence-electron chi connectivity index (χ4n) is 3.28. The molecule has 170 valence electrons.